The summed E-state index contributed by atoms with van der Waals surface area (Å²) in [5.74, 6) is 0.939. The fourth-order valence-corrected chi connectivity index (χ4v) is 3.73. The standard InChI is InChI=1S/C8H6Cl5NO2.C8H9Cl2NO2.I2/c1-15-5-3(9)6(8(11,12)13)14-7(16-2)4(5)10;1-4-5(9)7(12-2)6(10)8(11-4)13-3;1-2/h1-2H3;1-3H3;. The van der Waals surface area contributed by atoms with E-state index in [1.807, 2.05) is 0 Å². The molecule has 0 saturated carbocycles. The van der Waals surface area contributed by atoms with Crippen molar-refractivity contribution in [3.63, 3.8) is 0 Å². The summed E-state index contributed by atoms with van der Waals surface area (Å²) < 4.78 is 18.1. The van der Waals surface area contributed by atoms with E-state index in [4.69, 9.17) is 100 Å². The van der Waals surface area contributed by atoms with E-state index in [0.29, 0.717) is 27.4 Å². The summed E-state index contributed by atoms with van der Waals surface area (Å²) in [5.41, 5.74) is 0.622. The number of pyridine rings is 2. The minimum atomic E-state index is -1.79. The van der Waals surface area contributed by atoms with Gasteiger partial charge in [0.1, 0.15) is 25.8 Å². The monoisotopic (exact) mass is 798 g/mol. The van der Waals surface area contributed by atoms with Gasteiger partial charge in [0.05, 0.1) is 34.1 Å². The van der Waals surface area contributed by atoms with Crippen molar-refractivity contribution >= 4 is 118 Å². The van der Waals surface area contributed by atoms with Crippen LogP contribution in [0.25, 0.3) is 0 Å². The molecular formula is C16H15Cl7I2N2O4. The number of methoxy groups -OCH3 is 4. The molecule has 2 rings (SSSR count). The molecule has 0 fully saturated rings. The number of ether oxygens (including phenoxy) is 4. The molecule has 176 valence electrons. The Morgan fingerprint density at radius 1 is 0.645 bits per heavy atom. The van der Waals surface area contributed by atoms with Crippen molar-refractivity contribution in [1.82, 2.24) is 9.97 Å². The lowest BCUT2D eigenvalue weighted by Crippen LogP contribution is -2.08. The Bertz CT molecular complexity index is 887. The first-order chi connectivity index (χ1) is 14.4. The molecule has 2 aromatic rings. The van der Waals surface area contributed by atoms with E-state index in [-0.39, 0.29) is 27.4 Å². The number of nitrogens with zero attached hydrogens (tertiary/aromatic N) is 2. The first-order valence-corrected chi connectivity index (χ1v) is 16.5. The Kier molecular flexibility index (Phi) is 15.6. The average Bonchev–Trinajstić information content (AvgIpc) is 2.72. The molecule has 31 heavy (non-hydrogen) atoms. The Balaban J connectivity index is 0.000000547. The number of aromatic nitrogens is 2. The van der Waals surface area contributed by atoms with Gasteiger partial charge in [-0.25, -0.2) is 9.97 Å². The highest BCUT2D eigenvalue weighted by Crippen LogP contribution is 2.48. The smallest absolute Gasteiger partial charge is 0.236 e. The second-order valence-electron chi connectivity index (χ2n) is 5.00. The maximum absolute atomic E-state index is 5.95. The zero-order valence-corrected chi connectivity index (χ0v) is 26.0. The van der Waals surface area contributed by atoms with Crippen LogP contribution in [-0.2, 0) is 3.79 Å². The molecule has 0 spiro atoms. The van der Waals surface area contributed by atoms with Crippen LogP contribution in [-0.4, -0.2) is 38.4 Å². The van der Waals surface area contributed by atoms with Crippen LogP contribution in [0.3, 0.4) is 0 Å². The SMILES string of the molecule is COc1nc(C(Cl)(Cl)Cl)c(Cl)c(OC)c1Cl.COc1nc(C)c(Cl)c(OC)c1Cl.II. The lowest BCUT2D eigenvalue weighted by atomic mass is 10.3. The molecule has 0 bridgehead atoms. The Hall–Kier alpha value is 0.990. The van der Waals surface area contributed by atoms with E-state index in [1.54, 1.807) is 6.92 Å². The van der Waals surface area contributed by atoms with Gasteiger partial charge in [-0.1, -0.05) is 81.2 Å². The van der Waals surface area contributed by atoms with E-state index >= 15 is 0 Å². The minimum Gasteiger partial charge on any atom is -0.493 e. The topological polar surface area (TPSA) is 62.7 Å². The summed E-state index contributed by atoms with van der Waals surface area (Å²) in [6, 6.07) is 0. The van der Waals surface area contributed by atoms with Gasteiger partial charge in [-0.2, -0.15) is 0 Å². The number of aryl methyl sites for hydroxylation is 1. The molecular weight excluding hydrogens is 786 g/mol. The van der Waals surface area contributed by atoms with Crippen molar-refractivity contribution in [3.8, 4) is 23.3 Å². The number of hydrogen-bond acceptors (Lipinski definition) is 6. The van der Waals surface area contributed by atoms with E-state index < -0.39 is 3.79 Å². The molecule has 15 heteroatoms. The van der Waals surface area contributed by atoms with E-state index in [0.717, 1.165) is 0 Å². The highest BCUT2D eigenvalue weighted by atomic mass is 128. The summed E-state index contributed by atoms with van der Waals surface area (Å²) in [4.78, 5) is 7.94. The van der Waals surface area contributed by atoms with Crippen LogP contribution in [0.5, 0.6) is 23.3 Å². The molecule has 0 N–H and O–H groups in total. The predicted molar refractivity (Wildman–Crippen MR) is 147 cm³/mol. The van der Waals surface area contributed by atoms with Gasteiger partial charge in [0, 0.05) is 37.2 Å². The average molecular weight is 801 g/mol. The molecule has 0 aliphatic rings. The number of alkyl halides is 3. The van der Waals surface area contributed by atoms with Crippen molar-refractivity contribution in [2.45, 2.75) is 10.7 Å². The molecule has 0 aliphatic heterocycles. The van der Waals surface area contributed by atoms with Gasteiger partial charge >= 0.3 is 0 Å². The largest absolute Gasteiger partial charge is 0.493 e. The first-order valence-electron chi connectivity index (χ1n) is 7.56. The van der Waals surface area contributed by atoms with Crippen LogP contribution in [0.4, 0.5) is 0 Å². The number of halogens is 9. The predicted octanol–water partition coefficient (Wildman–Crippen LogP) is 8.72. The van der Waals surface area contributed by atoms with Crippen LogP contribution in [0.1, 0.15) is 11.4 Å². The summed E-state index contributed by atoms with van der Waals surface area (Å²) in [6.45, 7) is 1.75. The lowest BCUT2D eigenvalue weighted by molar-refractivity contribution is 0.381. The van der Waals surface area contributed by atoms with Crippen molar-refractivity contribution < 1.29 is 18.9 Å². The van der Waals surface area contributed by atoms with Gasteiger partial charge in [-0.3, -0.25) is 0 Å². The van der Waals surface area contributed by atoms with Gasteiger partial charge in [0.2, 0.25) is 15.6 Å². The highest BCUT2D eigenvalue weighted by molar-refractivity contribution is 15.0. The van der Waals surface area contributed by atoms with Gasteiger partial charge in [0.25, 0.3) is 0 Å². The summed E-state index contributed by atoms with van der Waals surface area (Å²) in [5, 5.41) is 0.857. The second-order valence-corrected chi connectivity index (χ2v) is 8.79. The van der Waals surface area contributed by atoms with Crippen molar-refractivity contribution in [2.24, 2.45) is 0 Å². The quantitative estimate of drug-likeness (QED) is 0.228. The zero-order chi connectivity index (χ0) is 24.5. The highest BCUT2D eigenvalue weighted by Gasteiger charge is 2.32. The third kappa shape index (κ3) is 8.61. The maximum Gasteiger partial charge on any atom is 0.236 e. The van der Waals surface area contributed by atoms with E-state index in [9.17, 15) is 0 Å². The summed E-state index contributed by atoms with van der Waals surface area (Å²) >= 11 is 45.0. The molecule has 0 aliphatic carbocycles. The molecule has 0 aromatic carbocycles. The second kappa shape index (κ2) is 15.1. The molecule has 0 radical (unpaired) electrons. The third-order valence-electron chi connectivity index (χ3n) is 3.24. The van der Waals surface area contributed by atoms with Crippen LogP contribution in [0.15, 0.2) is 0 Å². The normalized spacial score (nSPS) is 10.3. The first kappa shape index (κ1) is 32.0. The van der Waals surface area contributed by atoms with Gasteiger partial charge in [-0.05, 0) is 6.92 Å². The number of rotatable bonds is 4. The fourth-order valence-electron chi connectivity index (χ4n) is 1.93. The fraction of sp³-hybridized carbons (Fsp3) is 0.375. The molecule has 0 saturated heterocycles. The third-order valence-corrected chi connectivity index (χ3v) is 5.24. The Morgan fingerprint density at radius 3 is 1.39 bits per heavy atom. The van der Waals surface area contributed by atoms with Crippen molar-refractivity contribution in [3.05, 3.63) is 31.5 Å². The van der Waals surface area contributed by atoms with Gasteiger partial charge in [0.15, 0.2) is 11.5 Å². The zero-order valence-electron chi connectivity index (χ0n) is 16.4. The lowest BCUT2D eigenvalue weighted by Gasteiger charge is -2.17. The molecule has 2 heterocycles. The number of hydrogen-bond donors (Lipinski definition) is 0. The molecule has 0 atom stereocenters. The van der Waals surface area contributed by atoms with E-state index in [1.165, 1.54) is 28.4 Å². The van der Waals surface area contributed by atoms with Crippen LogP contribution in [0, 0.1) is 6.92 Å². The van der Waals surface area contributed by atoms with Gasteiger partial charge in [-0.15, -0.1) is 0 Å². The van der Waals surface area contributed by atoms with E-state index in [2.05, 4.69) is 47.2 Å². The summed E-state index contributed by atoms with van der Waals surface area (Å²) in [6.07, 6.45) is 0. The molecule has 6 nitrogen and oxygen atoms in total. The molecule has 2 aromatic heterocycles. The maximum atomic E-state index is 5.95. The van der Waals surface area contributed by atoms with Gasteiger partial charge < -0.3 is 18.9 Å². The van der Waals surface area contributed by atoms with Crippen molar-refractivity contribution in [1.29, 1.82) is 0 Å². The van der Waals surface area contributed by atoms with Crippen LogP contribution in [0.2, 0.25) is 20.1 Å². The van der Waals surface area contributed by atoms with Crippen molar-refractivity contribution in [2.75, 3.05) is 28.4 Å². The Labute approximate surface area is 238 Å². The van der Waals surface area contributed by atoms with Crippen LogP contribution < -0.4 is 18.9 Å². The minimum absolute atomic E-state index is 0.00253. The molecule has 0 unspecified atom stereocenters. The van der Waals surface area contributed by atoms with Crippen LogP contribution >= 0.6 is 118 Å². The summed E-state index contributed by atoms with van der Waals surface area (Å²) in [7, 11) is 5.74. The Morgan fingerprint density at radius 2 is 1.03 bits per heavy atom. The molecule has 0 amide bonds.